The average molecular weight is 264 g/mol. The summed E-state index contributed by atoms with van der Waals surface area (Å²) in [5.41, 5.74) is 1.51. The Morgan fingerprint density at radius 3 is 2.94 bits per heavy atom. The molecule has 2 aromatic rings. The quantitative estimate of drug-likeness (QED) is 0.833. The first-order valence-electron chi connectivity index (χ1n) is 5.42. The highest BCUT2D eigenvalue weighted by molar-refractivity contribution is 7.80. The zero-order valence-electron chi connectivity index (χ0n) is 9.85. The minimum atomic E-state index is -0.299. The lowest BCUT2D eigenvalue weighted by molar-refractivity contribution is 0.628. The molecule has 0 aliphatic heterocycles. The third-order valence-electron chi connectivity index (χ3n) is 2.28. The van der Waals surface area contributed by atoms with Crippen LogP contribution in [0.15, 0.2) is 36.5 Å². The van der Waals surface area contributed by atoms with E-state index < -0.39 is 0 Å². The molecule has 0 radical (unpaired) electrons. The molecule has 6 heteroatoms. The summed E-state index contributed by atoms with van der Waals surface area (Å²) in [5.74, 6) is -0.299. The molecule has 0 aliphatic carbocycles. The molecule has 2 N–H and O–H groups in total. The van der Waals surface area contributed by atoms with Gasteiger partial charge in [-0.1, -0.05) is 6.07 Å². The third-order valence-corrected chi connectivity index (χ3v) is 2.53. The van der Waals surface area contributed by atoms with Crippen LogP contribution in [0.5, 0.6) is 0 Å². The maximum atomic E-state index is 13.0. The number of nitrogens with zero attached hydrogens (tertiary/aromatic N) is 2. The molecule has 0 saturated carbocycles. The van der Waals surface area contributed by atoms with Crippen molar-refractivity contribution in [2.24, 2.45) is 7.05 Å². The van der Waals surface area contributed by atoms with E-state index in [1.807, 2.05) is 19.3 Å². The second kappa shape index (κ2) is 5.59. The van der Waals surface area contributed by atoms with E-state index in [4.69, 9.17) is 12.2 Å². The van der Waals surface area contributed by atoms with Crippen LogP contribution in [0.4, 0.5) is 10.1 Å². The Balaban J connectivity index is 1.85. The van der Waals surface area contributed by atoms with Crippen LogP contribution in [0.3, 0.4) is 0 Å². The van der Waals surface area contributed by atoms with Crippen molar-refractivity contribution in [3.63, 3.8) is 0 Å². The molecular weight excluding hydrogens is 251 g/mol. The number of anilines is 1. The second-order valence-corrected chi connectivity index (χ2v) is 4.21. The number of nitrogens with one attached hydrogen (secondary N) is 2. The summed E-state index contributed by atoms with van der Waals surface area (Å²) < 4.78 is 14.7. The smallest absolute Gasteiger partial charge is 0.171 e. The van der Waals surface area contributed by atoms with Gasteiger partial charge in [-0.2, -0.15) is 5.10 Å². The number of rotatable bonds is 3. The number of hydrogen-bond acceptors (Lipinski definition) is 2. The minimum Gasteiger partial charge on any atom is -0.357 e. The number of halogens is 1. The van der Waals surface area contributed by atoms with Gasteiger partial charge in [0.15, 0.2) is 5.11 Å². The number of aromatic nitrogens is 2. The van der Waals surface area contributed by atoms with Crippen LogP contribution < -0.4 is 10.6 Å². The Morgan fingerprint density at radius 1 is 1.44 bits per heavy atom. The summed E-state index contributed by atoms with van der Waals surface area (Å²) in [6, 6.07) is 8.04. The summed E-state index contributed by atoms with van der Waals surface area (Å²) in [4.78, 5) is 0. The van der Waals surface area contributed by atoms with E-state index in [9.17, 15) is 4.39 Å². The first kappa shape index (κ1) is 12.5. The number of thiocarbonyl (C=S) groups is 1. The molecule has 0 atom stereocenters. The fourth-order valence-electron chi connectivity index (χ4n) is 1.47. The molecular formula is C12H13FN4S. The third kappa shape index (κ3) is 3.53. The molecule has 4 nitrogen and oxygen atoms in total. The zero-order chi connectivity index (χ0) is 13.0. The van der Waals surface area contributed by atoms with E-state index in [-0.39, 0.29) is 5.82 Å². The number of aryl methyl sites for hydroxylation is 1. The molecule has 0 aliphatic rings. The molecule has 0 bridgehead atoms. The Morgan fingerprint density at radius 2 is 2.28 bits per heavy atom. The van der Waals surface area contributed by atoms with Crippen LogP contribution >= 0.6 is 12.2 Å². The fraction of sp³-hybridized carbons (Fsp3) is 0.167. The van der Waals surface area contributed by atoms with Crippen molar-refractivity contribution < 1.29 is 4.39 Å². The monoisotopic (exact) mass is 264 g/mol. The molecule has 0 unspecified atom stereocenters. The van der Waals surface area contributed by atoms with Crippen molar-refractivity contribution in [3.05, 3.63) is 48.0 Å². The predicted molar refractivity (Wildman–Crippen MR) is 72.7 cm³/mol. The van der Waals surface area contributed by atoms with Crippen molar-refractivity contribution >= 4 is 23.0 Å². The molecule has 0 saturated heterocycles. The van der Waals surface area contributed by atoms with E-state index in [1.165, 1.54) is 12.1 Å². The molecule has 0 amide bonds. The highest BCUT2D eigenvalue weighted by Gasteiger charge is 2.00. The van der Waals surface area contributed by atoms with Gasteiger partial charge in [0.1, 0.15) is 5.82 Å². The van der Waals surface area contributed by atoms with E-state index >= 15 is 0 Å². The Bertz CT molecular complexity index is 553. The summed E-state index contributed by atoms with van der Waals surface area (Å²) >= 11 is 5.11. The average Bonchev–Trinajstić information content (AvgIpc) is 2.73. The van der Waals surface area contributed by atoms with Gasteiger partial charge in [0.25, 0.3) is 0 Å². The number of hydrogen-bond donors (Lipinski definition) is 2. The summed E-state index contributed by atoms with van der Waals surface area (Å²) in [7, 11) is 1.85. The van der Waals surface area contributed by atoms with Crippen molar-refractivity contribution in [3.8, 4) is 0 Å². The standard InChI is InChI=1S/C12H13FN4S/c1-17-6-5-11(16-17)8-14-12(18)15-10-4-2-3-9(13)7-10/h2-7H,8H2,1H3,(H2,14,15,18). The lowest BCUT2D eigenvalue weighted by atomic mass is 10.3. The predicted octanol–water partition coefficient (Wildman–Crippen LogP) is 2.05. The van der Waals surface area contributed by atoms with Crippen LogP contribution in [-0.4, -0.2) is 14.9 Å². The van der Waals surface area contributed by atoms with Crippen molar-refractivity contribution in [2.45, 2.75) is 6.54 Å². The first-order valence-corrected chi connectivity index (χ1v) is 5.83. The van der Waals surface area contributed by atoms with Crippen molar-refractivity contribution in [1.29, 1.82) is 0 Å². The van der Waals surface area contributed by atoms with Crippen molar-refractivity contribution in [2.75, 3.05) is 5.32 Å². The molecule has 0 fully saturated rings. The highest BCUT2D eigenvalue weighted by Crippen LogP contribution is 2.08. The van der Waals surface area contributed by atoms with Gasteiger partial charge in [-0.25, -0.2) is 4.39 Å². The van der Waals surface area contributed by atoms with Gasteiger partial charge in [0, 0.05) is 18.9 Å². The molecule has 18 heavy (non-hydrogen) atoms. The lowest BCUT2D eigenvalue weighted by Crippen LogP contribution is -2.28. The van der Waals surface area contributed by atoms with E-state index in [2.05, 4.69) is 15.7 Å². The van der Waals surface area contributed by atoms with Crippen molar-refractivity contribution in [1.82, 2.24) is 15.1 Å². The van der Waals surface area contributed by atoms with E-state index in [0.717, 1.165) is 5.69 Å². The Hall–Kier alpha value is -1.95. The van der Waals surface area contributed by atoms with E-state index in [0.29, 0.717) is 17.3 Å². The van der Waals surface area contributed by atoms with Crippen LogP contribution in [0, 0.1) is 5.82 Å². The Labute approximate surface area is 110 Å². The Kier molecular flexibility index (Phi) is 3.88. The second-order valence-electron chi connectivity index (χ2n) is 3.80. The first-order chi connectivity index (χ1) is 8.63. The zero-order valence-corrected chi connectivity index (χ0v) is 10.7. The minimum absolute atomic E-state index is 0.299. The summed E-state index contributed by atoms with van der Waals surface area (Å²) in [6.07, 6.45) is 1.86. The topological polar surface area (TPSA) is 41.9 Å². The summed E-state index contributed by atoms with van der Waals surface area (Å²) in [5, 5.41) is 10.6. The molecule has 2 rings (SSSR count). The SMILES string of the molecule is Cn1ccc(CNC(=S)Nc2cccc(F)c2)n1. The van der Waals surface area contributed by atoms with Gasteiger partial charge >= 0.3 is 0 Å². The van der Waals surface area contributed by atoms with Crippen LogP contribution in [0.25, 0.3) is 0 Å². The maximum absolute atomic E-state index is 13.0. The molecule has 1 aromatic heterocycles. The van der Waals surface area contributed by atoms with Gasteiger partial charge in [0.05, 0.1) is 12.2 Å². The maximum Gasteiger partial charge on any atom is 0.171 e. The van der Waals surface area contributed by atoms with Gasteiger partial charge in [-0.15, -0.1) is 0 Å². The fourth-order valence-corrected chi connectivity index (χ4v) is 1.66. The van der Waals surface area contributed by atoms with Gasteiger partial charge in [0.2, 0.25) is 0 Å². The van der Waals surface area contributed by atoms with Crippen LogP contribution in [0.1, 0.15) is 5.69 Å². The van der Waals surface area contributed by atoms with Gasteiger partial charge < -0.3 is 10.6 Å². The largest absolute Gasteiger partial charge is 0.357 e. The number of benzene rings is 1. The van der Waals surface area contributed by atoms with Gasteiger partial charge in [-0.3, -0.25) is 4.68 Å². The van der Waals surface area contributed by atoms with Crippen LogP contribution in [-0.2, 0) is 13.6 Å². The van der Waals surface area contributed by atoms with Gasteiger partial charge in [-0.05, 0) is 36.5 Å². The molecule has 94 valence electrons. The lowest BCUT2D eigenvalue weighted by Gasteiger charge is -2.09. The van der Waals surface area contributed by atoms with Crippen LogP contribution in [0.2, 0.25) is 0 Å². The summed E-state index contributed by atoms with van der Waals surface area (Å²) in [6.45, 7) is 0.530. The molecule has 0 spiro atoms. The molecule has 1 heterocycles. The highest BCUT2D eigenvalue weighted by atomic mass is 32.1. The van der Waals surface area contributed by atoms with E-state index in [1.54, 1.807) is 16.8 Å². The normalized spacial score (nSPS) is 10.1. The molecule has 1 aromatic carbocycles.